The molecule has 3 heteroatoms. The Morgan fingerprint density at radius 3 is 2.81 bits per heavy atom. The van der Waals surface area contributed by atoms with E-state index in [1.807, 2.05) is 0 Å². The molecule has 1 unspecified atom stereocenters. The first-order valence-corrected chi connectivity index (χ1v) is 6.23. The van der Waals surface area contributed by atoms with Crippen LogP contribution in [-0.4, -0.2) is 37.2 Å². The quantitative estimate of drug-likeness (QED) is 0.742. The summed E-state index contributed by atoms with van der Waals surface area (Å²) >= 11 is 0. The number of benzene rings is 1. The van der Waals surface area contributed by atoms with E-state index in [0.29, 0.717) is 6.17 Å². The second kappa shape index (κ2) is 4.44. The summed E-state index contributed by atoms with van der Waals surface area (Å²) in [6.45, 7) is 4.58. The van der Waals surface area contributed by atoms with Gasteiger partial charge >= 0.3 is 0 Å². The van der Waals surface area contributed by atoms with Crippen LogP contribution in [0, 0.1) is 0 Å². The summed E-state index contributed by atoms with van der Waals surface area (Å²) in [4.78, 5) is 2.56. The van der Waals surface area contributed by atoms with Crippen molar-refractivity contribution in [2.75, 3.05) is 31.5 Å². The average molecular weight is 217 g/mol. The smallest absolute Gasteiger partial charge is 0.0797 e. The van der Waals surface area contributed by atoms with Crippen LogP contribution in [0.25, 0.3) is 0 Å². The summed E-state index contributed by atoms with van der Waals surface area (Å²) in [7, 11) is 0. The molecule has 16 heavy (non-hydrogen) atoms. The summed E-state index contributed by atoms with van der Waals surface area (Å²) in [6, 6.07) is 8.68. The summed E-state index contributed by atoms with van der Waals surface area (Å²) in [6.07, 6.45) is 2.98. The van der Waals surface area contributed by atoms with Gasteiger partial charge in [0.1, 0.15) is 0 Å². The number of rotatable bonds is 1. The molecule has 0 radical (unpaired) electrons. The third-order valence-electron chi connectivity index (χ3n) is 3.62. The molecular weight excluding hydrogens is 198 g/mol. The minimum Gasteiger partial charge on any atom is -0.369 e. The van der Waals surface area contributed by atoms with Gasteiger partial charge in [-0.1, -0.05) is 18.2 Å². The lowest BCUT2D eigenvalue weighted by Crippen LogP contribution is -2.52. The number of nitrogens with one attached hydrogen (secondary N) is 2. The Bertz CT molecular complexity index is 358. The maximum atomic E-state index is 3.66. The van der Waals surface area contributed by atoms with Crippen LogP contribution in [0.1, 0.15) is 12.0 Å². The second-order valence-electron chi connectivity index (χ2n) is 4.64. The van der Waals surface area contributed by atoms with E-state index in [0.717, 1.165) is 13.1 Å². The lowest BCUT2D eigenvalue weighted by atomic mass is 10.0. The lowest BCUT2D eigenvalue weighted by Gasteiger charge is -2.38. The molecule has 1 atom stereocenters. The predicted molar refractivity (Wildman–Crippen MR) is 66.6 cm³/mol. The monoisotopic (exact) mass is 217 g/mol. The van der Waals surface area contributed by atoms with Crippen molar-refractivity contribution in [3.8, 4) is 0 Å². The van der Waals surface area contributed by atoms with Gasteiger partial charge in [0.05, 0.1) is 6.17 Å². The highest BCUT2D eigenvalue weighted by molar-refractivity contribution is 5.53. The van der Waals surface area contributed by atoms with Gasteiger partial charge in [0.2, 0.25) is 0 Å². The van der Waals surface area contributed by atoms with Crippen LogP contribution >= 0.6 is 0 Å². The number of hydrogen-bond donors (Lipinski definition) is 2. The number of para-hydroxylation sites is 1. The summed E-state index contributed by atoms with van der Waals surface area (Å²) in [5, 5.41) is 7.07. The molecule has 3 rings (SSSR count). The van der Waals surface area contributed by atoms with Gasteiger partial charge in [0.25, 0.3) is 0 Å². The largest absolute Gasteiger partial charge is 0.369 e. The molecule has 2 aliphatic heterocycles. The molecule has 86 valence electrons. The topological polar surface area (TPSA) is 27.3 Å². The summed E-state index contributed by atoms with van der Waals surface area (Å²) in [5.41, 5.74) is 2.80. The Hall–Kier alpha value is -1.06. The Labute approximate surface area is 96.8 Å². The molecule has 1 fully saturated rings. The van der Waals surface area contributed by atoms with Gasteiger partial charge in [-0.05, 0) is 24.5 Å². The SMILES string of the molecule is c1ccc2c(c1)CCC(N1CCNCC1)N2. The molecule has 0 bridgehead atoms. The molecule has 2 heterocycles. The second-order valence-corrected chi connectivity index (χ2v) is 4.64. The van der Waals surface area contributed by atoms with Crippen LogP contribution in [0.2, 0.25) is 0 Å². The first kappa shape index (κ1) is 10.1. The first-order chi connectivity index (χ1) is 7.93. The van der Waals surface area contributed by atoms with Gasteiger partial charge in [-0.15, -0.1) is 0 Å². The van der Waals surface area contributed by atoms with Crippen molar-refractivity contribution in [3.05, 3.63) is 29.8 Å². The number of aryl methyl sites for hydroxylation is 1. The van der Waals surface area contributed by atoms with Crippen molar-refractivity contribution in [1.29, 1.82) is 0 Å². The van der Waals surface area contributed by atoms with Gasteiger partial charge in [0.15, 0.2) is 0 Å². The molecule has 3 nitrogen and oxygen atoms in total. The molecule has 2 N–H and O–H groups in total. The van der Waals surface area contributed by atoms with E-state index in [2.05, 4.69) is 39.8 Å². The zero-order chi connectivity index (χ0) is 10.8. The van der Waals surface area contributed by atoms with E-state index in [9.17, 15) is 0 Å². The maximum Gasteiger partial charge on any atom is 0.0797 e. The molecule has 1 aromatic rings. The Morgan fingerprint density at radius 2 is 1.94 bits per heavy atom. The Morgan fingerprint density at radius 1 is 1.12 bits per heavy atom. The van der Waals surface area contributed by atoms with Crippen molar-refractivity contribution in [3.63, 3.8) is 0 Å². The van der Waals surface area contributed by atoms with Gasteiger partial charge in [-0.25, -0.2) is 0 Å². The van der Waals surface area contributed by atoms with E-state index < -0.39 is 0 Å². The average Bonchev–Trinajstić information content (AvgIpc) is 2.39. The number of fused-ring (bicyclic) bond motifs is 1. The van der Waals surface area contributed by atoms with E-state index in [1.54, 1.807) is 0 Å². The van der Waals surface area contributed by atoms with Crippen LogP contribution in [0.5, 0.6) is 0 Å². The molecule has 0 aliphatic carbocycles. The molecular formula is C13H19N3. The van der Waals surface area contributed by atoms with Crippen molar-refractivity contribution < 1.29 is 0 Å². The van der Waals surface area contributed by atoms with E-state index >= 15 is 0 Å². The van der Waals surface area contributed by atoms with E-state index in [4.69, 9.17) is 0 Å². The van der Waals surface area contributed by atoms with Crippen LogP contribution in [0.3, 0.4) is 0 Å². The zero-order valence-corrected chi connectivity index (χ0v) is 9.58. The number of piperazine rings is 1. The van der Waals surface area contributed by atoms with Gasteiger partial charge < -0.3 is 10.6 Å². The highest BCUT2D eigenvalue weighted by atomic mass is 15.3. The first-order valence-electron chi connectivity index (χ1n) is 6.23. The van der Waals surface area contributed by atoms with Crippen LogP contribution in [0.15, 0.2) is 24.3 Å². The highest BCUT2D eigenvalue weighted by Crippen LogP contribution is 2.25. The zero-order valence-electron chi connectivity index (χ0n) is 9.58. The third kappa shape index (κ3) is 1.93. The van der Waals surface area contributed by atoms with Gasteiger partial charge in [-0.3, -0.25) is 4.90 Å². The minimum absolute atomic E-state index is 0.539. The van der Waals surface area contributed by atoms with Gasteiger partial charge in [0, 0.05) is 31.9 Å². The minimum atomic E-state index is 0.539. The molecule has 0 aromatic heterocycles. The molecule has 1 saturated heterocycles. The molecule has 0 saturated carbocycles. The number of nitrogens with zero attached hydrogens (tertiary/aromatic N) is 1. The van der Waals surface area contributed by atoms with Crippen molar-refractivity contribution in [2.45, 2.75) is 19.0 Å². The van der Waals surface area contributed by atoms with Crippen molar-refractivity contribution in [2.24, 2.45) is 0 Å². The number of hydrogen-bond acceptors (Lipinski definition) is 3. The van der Waals surface area contributed by atoms with Gasteiger partial charge in [-0.2, -0.15) is 0 Å². The fourth-order valence-electron chi connectivity index (χ4n) is 2.69. The lowest BCUT2D eigenvalue weighted by molar-refractivity contribution is 0.179. The van der Waals surface area contributed by atoms with Crippen molar-refractivity contribution >= 4 is 5.69 Å². The fourth-order valence-corrected chi connectivity index (χ4v) is 2.69. The normalized spacial score (nSPS) is 25.9. The van der Waals surface area contributed by atoms with E-state index in [-0.39, 0.29) is 0 Å². The molecule has 0 amide bonds. The fraction of sp³-hybridized carbons (Fsp3) is 0.538. The Balaban J connectivity index is 1.72. The summed E-state index contributed by atoms with van der Waals surface area (Å²) in [5.74, 6) is 0. The van der Waals surface area contributed by atoms with Crippen LogP contribution in [-0.2, 0) is 6.42 Å². The summed E-state index contributed by atoms with van der Waals surface area (Å²) < 4.78 is 0. The van der Waals surface area contributed by atoms with Crippen LogP contribution in [0.4, 0.5) is 5.69 Å². The standard InChI is InChI=1S/C13H19N3/c1-2-4-12-11(3-1)5-6-13(15-12)16-9-7-14-8-10-16/h1-4,13-15H,5-10H2. The van der Waals surface area contributed by atoms with Crippen molar-refractivity contribution in [1.82, 2.24) is 10.2 Å². The third-order valence-corrected chi connectivity index (χ3v) is 3.62. The number of anilines is 1. The molecule has 1 aromatic carbocycles. The molecule has 0 spiro atoms. The Kier molecular flexibility index (Phi) is 2.80. The van der Waals surface area contributed by atoms with Crippen LogP contribution < -0.4 is 10.6 Å². The maximum absolute atomic E-state index is 3.66. The molecule has 2 aliphatic rings. The highest BCUT2D eigenvalue weighted by Gasteiger charge is 2.23. The predicted octanol–water partition coefficient (Wildman–Crippen LogP) is 1.28. The van der Waals surface area contributed by atoms with E-state index in [1.165, 1.54) is 37.2 Å².